The van der Waals surface area contributed by atoms with Gasteiger partial charge in [-0.1, -0.05) is 38.1 Å². The Morgan fingerprint density at radius 2 is 1.29 bits per heavy atom. The van der Waals surface area contributed by atoms with Gasteiger partial charge < -0.3 is 25.1 Å². The van der Waals surface area contributed by atoms with Crippen LogP contribution in [0.2, 0.25) is 5.54 Å². The smallest absolute Gasteiger partial charge is 0.375 e. The van der Waals surface area contributed by atoms with Gasteiger partial charge in [-0.25, -0.2) is 0 Å². The van der Waals surface area contributed by atoms with Crippen molar-refractivity contribution in [2.24, 2.45) is 5.92 Å². The average Bonchev–Trinajstić information content (AvgIpc) is 3.10. The molecule has 3 nitrogen and oxygen atoms in total. The second-order valence-electron chi connectivity index (χ2n) is 6.83. The minimum Gasteiger partial charge on any atom is -0.375 e. The maximum Gasteiger partial charge on any atom is 2.00 e. The van der Waals surface area contributed by atoms with Crippen molar-refractivity contribution in [3.05, 3.63) is 11.8 Å². The average molecular weight is 398 g/mol. The van der Waals surface area contributed by atoms with Crippen molar-refractivity contribution >= 4 is 8.80 Å². The SMILES string of the molecule is CCO[Si](OCC)(OCC)C1CCC[C-]1C.C[C-]1CCCC1C.[Fe+2]. The first-order valence-electron chi connectivity index (χ1n) is 9.57. The Labute approximate surface area is 162 Å². The van der Waals surface area contributed by atoms with Gasteiger partial charge in [-0.2, -0.15) is 32.6 Å². The standard InChI is InChI=1S/C12H25O3Si.C7H13.Fe/c1-5-13-16(14-6-2,15-7-3)12-10-8-9-11(12)4;1-6-4-3-5-7(6)2;/h12H,5-10H2,1-4H3;6H,3-5H2,1-2H3;/q2*-1;+2. The van der Waals surface area contributed by atoms with Gasteiger partial charge in [0.15, 0.2) is 0 Å². The number of rotatable bonds is 7. The first-order valence-corrected chi connectivity index (χ1v) is 11.4. The predicted molar refractivity (Wildman–Crippen MR) is 99.1 cm³/mol. The molecule has 0 spiro atoms. The zero-order chi connectivity index (χ0) is 17.3. The van der Waals surface area contributed by atoms with Crippen LogP contribution in [0.3, 0.4) is 0 Å². The summed E-state index contributed by atoms with van der Waals surface area (Å²) in [5, 5.41) is 0. The molecule has 2 saturated carbocycles. The molecular formula is C19H38FeO3Si. The van der Waals surface area contributed by atoms with Crippen LogP contribution in [0, 0.1) is 17.8 Å². The van der Waals surface area contributed by atoms with Crippen molar-refractivity contribution in [2.45, 2.75) is 85.6 Å². The summed E-state index contributed by atoms with van der Waals surface area (Å²) in [7, 11) is -2.46. The van der Waals surface area contributed by atoms with Crippen LogP contribution in [0.4, 0.5) is 0 Å². The summed E-state index contributed by atoms with van der Waals surface area (Å²) in [6.45, 7) is 14.9. The molecule has 2 atom stereocenters. The molecule has 5 heteroatoms. The first kappa shape index (κ1) is 24.6. The van der Waals surface area contributed by atoms with Crippen molar-refractivity contribution < 1.29 is 30.3 Å². The molecule has 0 aliphatic heterocycles. The summed E-state index contributed by atoms with van der Waals surface area (Å²) in [6.07, 6.45) is 7.88. The molecule has 0 saturated heterocycles. The van der Waals surface area contributed by atoms with Gasteiger partial charge in [0.05, 0.1) is 0 Å². The summed E-state index contributed by atoms with van der Waals surface area (Å²) in [5.41, 5.74) is 0.423. The molecule has 0 aromatic carbocycles. The van der Waals surface area contributed by atoms with E-state index in [-0.39, 0.29) is 17.1 Å². The Balaban J connectivity index is 0.000000555. The van der Waals surface area contributed by atoms with Crippen LogP contribution in [-0.4, -0.2) is 28.6 Å². The van der Waals surface area contributed by atoms with E-state index in [0.29, 0.717) is 25.4 Å². The molecule has 2 unspecified atom stereocenters. The minimum absolute atomic E-state index is 0. The van der Waals surface area contributed by atoms with Gasteiger partial charge in [0.2, 0.25) is 0 Å². The summed E-state index contributed by atoms with van der Waals surface area (Å²) in [4.78, 5) is 0. The third kappa shape index (κ3) is 7.09. The van der Waals surface area contributed by atoms with Gasteiger partial charge >= 0.3 is 25.9 Å². The molecule has 0 bridgehead atoms. The van der Waals surface area contributed by atoms with Gasteiger partial charge in [-0.05, 0) is 20.8 Å². The summed E-state index contributed by atoms with van der Waals surface area (Å²) < 4.78 is 17.8. The van der Waals surface area contributed by atoms with E-state index in [9.17, 15) is 0 Å². The van der Waals surface area contributed by atoms with Crippen LogP contribution in [0.1, 0.15) is 80.1 Å². The van der Waals surface area contributed by atoms with Gasteiger partial charge in [0.25, 0.3) is 0 Å². The fraction of sp³-hybridized carbons (Fsp3) is 0.895. The van der Waals surface area contributed by atoms with E-state index in [4.69, 9.17) is 13.3 Å². The molecule has 144 valence electrons. The van der Waals surface area contributed by atoms with Crippen molar-refractivity contribution in [1.82, 2.24) is 0 Å². The monoisotopic (exact) mass is 398 g/mol. The summed E-state index contributed by atoms with van der Waals surface area (Å²) in [6, 6.07) is 0. The van der Waals surface area contributed by atoms with Crippen molar-refractivity contribution in [3.8, 4) is 0 Å². The Kier molecular flexibility index (Phi) is 13.2. The predicted octanol–water partition coefficient (Wildman–Crippen LogP) is 5.58. The molecule has 0 heterocycles. The maximum absolute atomic E-state index is 5.94. The molecule has 2 aliphatic carbocycles. The zero-order valence-electron chi connectivity index (χ0n) is 16.6. The van der Waals surface area contributed by atoms with Crippen LogP contribution >= 0.6 is 0 Å². The van der Waals surface area contributed by atoms with Gasteiger partial charge in [0.1, 0.15) is 0 Å². The summed E-state index contributed by atoms with van der Waals surface area (Å²) >= 11 is 0. The molecule has 24 heavy (non-hydrogen) atoms. The van der Waals surface area contributed by atoms with Gasteiger partial charge in [0, 0.05) is 19.8 Å². The molecule has 2 aliphatic rings. The van der Waals surface area contributed by atoms with E-state index >= 15 is 0 Å². The molecular weight excluding hydrogens is 360 g/mol. The number of hydrogen-bond acceptors (Lipinski definition) is 3. The Bertz CT molecular complexity index is 292. The molecule has 2 rings (SSSR count). The molecule has 0 aromatic heterocycles. The second kappa shape index (κ2) is 12.9. The Hall–Kier alpha value is 0.616. The van der Waals surface area contributed by atoms with Gasteiger partial charge in [-0.3, -0.25) is 0 Å². The maximum atomic E-state index is 5.94. The van der Waals surface area contributed by atoms with E-state index < -0.39 is 8.80 Å². The topological polar surface area (TPSA) is 27.7 Å². The zero-order valence-corrected chi connectivity index (χ0v) is 18.7. The second-order valence-corrected chi connectivity index (χ2v) is 9.60. The van der Waals surface area contributed by atoms with Crippen LogP contribution in [-0.2, 0) is 30.3 Å². The fourth-order valence-corrected chi connectivity index (χ4v) is 7.06. The van der Waals surface area contributed by atoms with E-state index in [2.05, 4.69) is 20.8 Å². The van der Waals surface area contributed by atoms with E-state index in [1.165, 1.54) is 38.0 Å². The largest absolute Gasteiger partial charge is 2.00 e. The molecule has 0 N–H and O–H groups in total. The number of hydrogen-bond donors (Lipinski definition) is 0. The normalized spacial score (nSPS) is 25.2. The molecule has 0 amide bonds. The third-order valence-corrected chi connectivity index (χ3v) is 8.88. The van der Waals surface area contributed by atoms with Crippen LogP contribution in [0.15, 0.2) is 0 Å². The minimum atomic E-state index is -2.46. The quantitative estimate of drug-likeness (QED) is 0.414. The first-order chi connectivity index (χ1) is 11.0. The Morgan fingerprint density at radius 3 is 1.54 bits per heavy atom. The van der Waals surface area contributed by atoms with Crippen molar-refractivity contribution in [2.75, 3.05) is 19.8 Å². The fourth-order valence-electron chi connectivity index (χ4n) is 3.69. The van der Waals surface area contributed by atoms with Crippen LogP contribution < -0.4 is 0 Å². The molecule has 0 aromatic rings. The summed E-state index contributed by atoms with van der Waals surface area (Å²) in [5.74, 6) is 4.14. The third-order valence-electron chi connectivity index (χ3n) is 5.17. The van der Waals surface area contributed by atoms with E-state index in [0.717, 1.165) is 12.3 Å². The van der Waals surface area contributed by atoms with Gasteiger partial charge in [-0.15, -0.1) is 0 Å². The molecule has 0 radical (unpaired) electrons. The van der Waals surface area contributed by atoms with Crippen molar-refractivity contribution in [3.63, 3.8) is 0 Å². The van der Waals surface area contributed by atoms with E-state index in [1.54, 1.807) is 5.92 Å². The van der Waals surface area contributed by atoms with Crippen LogP contribution in [0.25, 0.3) is 0 Å². The van der Waals surface area contributed by atoms with E-state index in [1.807, 2.05) is 20.8 Å². The van der Waals surface area contributed by atoms with Crippen molar-refractivity contribution in [1.29, 1.82) is 0 Å². The Morgan fingerprint density at radius 1 is 0.833 bits per heavy atom. The van der Waals surface area contributed by atoms with Crippen LogP contribution in [0.5, 0.6) is 0 Å². The molecule has 2 fully saturated rings.